The van der Waals surface area contributed by atoms with Crippen LogP contribution in [-0.2, 0) is 24.0 Å². The molecule has 0 spiro atoms. The molecule has 228 valence electrons. The molecule has 0 aromatic rings. The van der Waals surface area contributed by atoms with Gasteiger partial charge in [0.25, 0.3) is 5.91 Å². The van der Waals surface area contributed by atoms with Gasteiger partial charge in [0.05, 0.1) is 6.04 Å². The van der Waals surface area contributed by atoms with Gasteiger partial charge in [-0.15, -0.1) is 13.2 Å². The summed E-state index contributed by atoms with van der Waals surface area (Å²) in [6.45, 7) is 15.3. The number of rotatable bonds is 14. The molecule has 2 saturated carbocycles. The second-order valence-electron chi connectivity index (χ2n) is 12.8. The fourth-order valence-corrected chi connectivity index (χ4v) is 6.60. The second-order valence-corrected chi connectivity index (χ2v) is 12.8. The standard InChI is InChI=1S/C31H48N4O6/c1-7-9-15-21(26(37)28(39)32-16-8-2)33-27(38)24-22-20(31(22,5)6)17-35(24)30(41)23(19-13-11-10-12-14-19)34-29(40)25(36)18(3)4/h7-8,18-25,36H,1-2,9-17H2,3-6H3,(H,32,39)(H,33,38)(H,34,40)/t20?,21?,22?,23-,24-,25?/m0/s1. The van der Waals surface area contributed by atoms with Crippen molar-refractivity contribution in [3.05, 3.63) is 25.3 Å². The van der Waals surface area contributed by atoms with Gasteiger partial charge in [0.2, 0.25) is 23.5 Å². The van der Waals surface area contributed by atoms with Crippen molar-refractivity contribution in [2.75, 3.05) is 13.1 Å². The highest BCUT2D eigenvalue weighted by atomic mass is 16.3. The molecular weight excluding hydrogens is 524 g/mol. The summed E-state index contributed by atoms with van der Waals surface area (Å²) in [4.78, 5) is 67.9. The molecule has 3 aliphatic rings. The maximum Gasteiger partial charge on any atom is 0.289 e. The Labute approximate surface area is 243 Å². The van der Waals surface area contributed by atoms with Crippen LogP contribution in [0.4, 0.5) is 0 Å². The summed E-state index contributed by atoms with van der Waals surface area (Å²) in [5.74, 6) is -3.40. The first-order valence-electron chi connectivity index (χ1n) is 15.0. The molecule has 1 saturated heterocycles. The van der Waals surface area contributed by atoms with Gasteiger partial charge in [0, 0.05) is 13.1 Å². The van der Waals surface area contributed by atoms with Crippen LogP contribution in [0.25, 0.3) is 0 Å². The Kier molecular flexibility index (Phi) is 10.9. The van der Waals surface area contributed by atoms with Gasteiger partial charge in [-0.25, -0.2) is 0 Å². The number of Topliss-reactive ketones (excluding diaryl/α,β-unsaturated/α-hetero) is 1. The number of hydrogen-bond acceptors (Lipinski definition) is 6. The van der Waals surface area contributed by atoms with Gasteiger partial charge in [0.15, 0.2) is 0 Å². The number of nitrogens with one attached hydrogen (secondary N) is 3. The predicted octanol–water partition coefficient (Wildman–Crippen LogP) is 1.87. The average Bonchev–Trinajstić information content (AvgIpc) is 3.26. The van der Waals surface area contributed by atoms with E-state index in [-0.39, 0.29) is 48.0 Å². The largest absolute Gasteiger partial charge is 0.383 e. The third-order valence-electron chi connectivity index (χ3n) is 9.27. The molecular formula is C31H48N4O6. The smallest absolute Gasteiger partial charge is 0.289 e. The predicted molar refractivity (Wildman–Crippen MR) is 155 cm³/mol. The zero-order valence-electron chi connectivity index (χ0n) is 25.0. The molecule has 4 unspecified atom stereocenters. The van der Waals surface area contributed by atoms with Crippen LogP contribution in [0.15, 0.2) is 25.3 Å². The molecule has 0 radical (unpaired) electrons. The molecule has 10 nitrogen and oxygen atoms in total. The third-order valence-corrected chi connectivity index (χ3v) is 9.27. The molecule has 1 aliphatic heterocycles. The van der Waals surface area contributed by atoms with Crippen LogP contribution in [0, 0.1) is 29.1 Å². The first-order chi connectivity index (χ1) is 19.4. The summed E-state index contributed by atoms with van der Waals surface area (Å²) in [6.07, 6.45) is 6.93. The molecule has 41 heavy (non-hydrogen) atoms. The molecule has 6 atom stereocenters. The zero-order valence-corrected chi connectivity index (χ0v) is 25.0. The summed E-state index contributed by atoms with van der Waals surface area (Å²) in [6, 6.07) is -2.76. The Morgan fingerprint density at radius 1 is 1.02 bits per heavy atom. The van der Waals surface area contributed by atoms with Crippen LogP contribution in [0.5, 0.6) is 0 Å². The number of piperidine rings is 1. The molecule has 2 aliphatic carbocycles. The average molecular weight is 573 g/mol. The molecule has 4 N–H and O–H groups in total. The lowest BCUT2D eigenvalue weighted by molar-refractivity contribution is -0.147. The van der Waals surface area contributed by atoms with E-state index in [2.05, 4.69) is 43.0 Å². The van der Waals surface area contributed by atoms with E-state index in [1.807, 2.05) is 0 Å². The van der Waals surface area contributed by atoms with Gasteiger partial charge >= 0.3 is 0 Å². The Bertz CT molecular complexity index is 1030. The van der Waals surface area contributed by atoms with Gasteiger partial charge in [-0.05, 0) is 54.8 Å². The number of nitrogens with zero attached hydrogens (tertiary/aromatic N) is 1. The third kappa shape index (κ3) is 7.26. The summed E-state index contributed by atoms with van der Waals surface area (Å²) >= 11 is 0. The normalized spacial score (nSPS) is 25.3. The molecule has 10 heteroatoms. The Morgan fingerprint density at radius 2 is 1.68 bits per heavy atom. The minimum atomic E-state index is -1.25. The van der Waals surface area contributed by atoms with Gasteiger partial charge in [-0.2, -0.15) is 0 Å². The maximum atomic E-state index is 14.2. The minimum absolute atomic E-state index is 0.0938. The zero-order chi connectivity index (χ0) is 30.5. The summed E-state index contributed by atoms with van der Waals surface area (Å²) in [7, 11) is 0. The molecule has 1 heterocycles. The van der Waals surface area contributed by atoms with Crippen molar-refractivity contribution in [3.63, 3.8) is 0 Å². The van der Waals surface area contributed by atoms with Crippen molar-refractivity contribution >= 4 is 29.4 Å². The lowest BCUT2D eigenvalue weighted by Gasteiger charge is -2.37. The molecule has 4 amide bonds. The van der Waals surface area contributed by atoms with Crippen LogP contribution >= 0.6 is 0 Å². The lowest BCUT2D eigenvalue weighted by Crippen LogP contribution is -2.60. The van der Waals surface area contributed by atoms with E-state index < -0.39 is 47.7 Å². The van der Waals surface area contributed by atoms with Crippen molar-refractivity contribution in [1.82, 2.24) is 20.9 Å². The van der Waals surface area contributed by atoms with E-state index in [9.17, 15) is 29.1 Å². The summed E-state index contributed by atoms with van der Waals surface area (Å²) < 4.78 is 0. The van der Waals surface area contributed by atoms with Gasteiger partial charge < -0.3 is 26.0 Å². The summed E-state index contributed by atoms with van der Waals surface area (Å²) in [5, 5.41) is 18.5. The Balaban J connectivity index is 1.86. The minimum Gasteiger partial charge on any atom is -0.383 e. The van der Waals surface area contributed by atoms with Gasteiger partial charge in [-0.3, -0.25) is 24.0 Å². The topological polar surface area (TPSA) is 145 Å². The molecule has 0 aromatic heterocycles. The molecule has 0 bridgehead atoms. The maximum absolute atomic E-state index is 14.2. The van der Waals surface area contributed by atoms with Gasteiger partial charge in [-0.1, -0.05) is 59.1 Å². The Hall–Kier alpha value is -3.01. The quantitative estimate of drug-likeness (QED) is 0.185. The van der Waals surface area contributed by atoms with Crippen molar-refractivity contribution < 1.29 is 29.1 Å². The van der Waals surface area contributed by atoms with Crippen LogP contribution in [0.2, 0.25) is 0 Å². The SMILES string of the molecule is C=CCCC(NC(=O)[C@@H]1C2C(CN1C(=O)[C@@H](NC(=O)C(O)C(C)C)C1CCCCC1)C2(C)C)C(=O)C(=O)NCC=C. The highest BCUT2D eigenvalue weighted by Crippen LogP contribution is 2.65. The van der Waals surface area contributed by atoms with Crippen molar-refractivity contribution in [1.29, 1.82) is 0 Å². The number of amides is 4. The van der Waals surface area contributed by atoms with E-state index in [0.29, 0.717) is 13.0 Å². The number of carbonyl (C=O) groups is 5. The number of likely N-dealkylation sites (tertiary alicyclic amines) is 1. The van der Waals surface area contributed by atoms with E-state index in [4.69, 9.17) is 0 Å². The highest BCUT2D eigenvalue weighted by molar-refractivity contribution is 6.38. The number of hydrogen-bond donors (Lipinski definition) is 4. The number of allylic oxidation sites excluding steroid dienone is 1. The number of aliphatic hydroxyl groups excluding tert-OH is 1. The van der Waals surface area contributed by atoms with Crippen LogP contribution in [0.1, 0.15) is 72.6 Å². The monoisotopic (exact) mass is 572 g/mol. The van der Waals surface area contributed by atoms with Crippen molar-refractivity contribution in [3.8, 4) is 0 Å². The molecule has 0 aromatic carbocycles. The number of fused-ring (bicyclic) bond motifs is 1. The van der Waals surface area contributed by atoms with Gasteiger partial charge in [0.1, 0.15) is 18.2 Å². The van der Waals surface area contributed by atoms with E-state index in [1.54, 1.807) is 24.8 Å². The van der Waals surface area contributed by atoms with E-state index in [0.717, 1.165) is 32.1 Å². The number of carbonyl (C=O) groups excluding carboxylic acids is 5. The molecule has 3 rings (SSSR count). The van der Waals surface area contributed by atoms with E-state index >= 15 is 0 Å². The fraction of sp³-hybridized carbons (Fsp3) is 0.710. The number of ketones is 1. The van der Waals surface area contributed by atoms with E-state index in [1.165, 1.54) is 6.08 Å². The fourth-order valence-electron chi connectivity index (χ4n) is 6.60. The molecule has 3 fully saturated rings. The van der Waals surface area contributed by atoms with Crippen LogP contribution in [0.3, 0.4) is 0 Å². The van der Waals surface area contributed by atoms with Crippen molar-refractivity contribution in [2.24, 2.45) is 29.1 Å². The van der Waals surface area contributed by atoms with Crippen molar-refractivity contribution in [2.45, 2.75) is 96.9 Å². The van der Waals surface area contributed by atoms with Crippen LogP contribution < -0.4 is 16.0 Å². The first-order valence-corrected chi connectivity index (χ1v) is 15.0. The van der Waals surface area contributed by atoms with Crippen LogP contribution in [-0.4, -0.2) is 76.7 Å². The number of aliphatic hydroxyl groups is 1. The first kappa shape index (κ1) is 32.5. The Morgan fingerprint density at radius 3 is 2.27 bits per heavy atom. The summed E-state index contributed by atoms with van der Waals surface area (Å²) in [5.41, 5.74) is -0.168. The highest BCUT2D eigenvalue weighted by Gasteiger charge is 2.69. The second kappa shape index (κ2) is 13.8. The lowest BCUT2D eigenvalue weighted by atomic mass is 9.82.